The van der Waals surface area contributed by atoms with Gasteiger partial charge in [-0.1, -0.05) is 24.3 Å². The number of likely N-dealkylation sites (tertiary alicyclic amines) is 1. The zero-order valence-electron chi connectivity index (χ0n) is 22.5. The highest BCUT2D eigenvalue weighted by molar-refractivity contribution is 5.88. The first-order valence-corrected chi connectivity index (χ1v) is 13.5. The molecule has 1 aliphatic heterocycles. The van der Waals surface area contributed by atoms with Crippen molar-refractivity contribution in [1.29, 1.82) is 5.26 Å². The van der Waals surface area contributed by atoms with Gasteiger partial charge in [-0.05, 0) is 80.2 Å². The maximum Gasteiger partial charge on any atom is 0.411 e. The molecule has 1 aromatic heterocycles. The van der Waals surface area contributed by atoms with Gasteiger partial charge in [0.05, 0.1) is 11.6 Å². The third kappa shape index (κ3) is 4.62. The zero-order valence-corrected chi connectivity index (χ0v) is 22.5. The second-order valence-electron chi connectivity index (χ2n) is 12.1. The maximum atomic E-state index is 15.2. The number of nitriles is 1. The Labute approximate surface area is 226 Å². The number of carbonyl (C=O) groups excluding carboxylic acids is 2. The summed E-state index contributed by atoms with van der Waals surface area (Å²) in [6, 6.07) is 11.2. The Balaban J connectivity index is 1.16. The number of aromatic nitrogens is 2. The van der Waals surface area contributed by atoms with Gasteiger partial charge >= 0.3 is 6.09 Å². The summed E-state index contributed by atoms with van der Waals surface area (Å²) in [5.41, 5.74) is 2.03. The van der Waals surface area contributed by atoms with E-state index >= 15 is 4.39 Å². The summed E-state index contributed by atoms with van der Waals surface area (Å²) in [5, 5.41) is 18.0. The minimum Gasteiger partial charge on any atom is -0.444 e. The lowest BCUT2D eigenvalue weighted by molar-refractivity contribution is -0.128. The smallest absolute Gasteiger partial charge is 0.411 e. The second-order valence-corrected chi connectivity index (χ2v) is 12.1. The molecule has 0 spiro atoms. The van der Waals surface area contributed by atoms with Crippen LogP contribution in [0.5, 0.6) is 0 Å². The SMILES string of the molecule is Cn1cc2ccc(-c3ccc(C[C@@H](C#N)NC(=O)[C@@H]4[C@@H]5C[C@@H]([C@H]6C[C@@H]56)N4C(=O)OC(C)(C)C)c(F)c3)cc2n1. The highest BCUT2D eigenvalue weighted by Gasteiger charge is 2.67. The van der Waals surface area contributed by atoms with Crippen molar-refractivity contribution < 1.29 is 18.7 Å². The van der Waals surface area contributed by atoms with E-state index in [1.807, 2.05) is 37.5 Å². The molecule has 2 amide bonds. The highest BCUT2D eigenvalue weighted by Crippen LogP contribution is 2.63. The third-order valence-corrected chi connectivity index (χ3v) is 8.29. The van der Waals surface area contributed by atoms with Crippen molar-refractivity contribution in [3.8, 4) is 17.2 Å². The fourth-order valence-corrected chi connectivity index (χ4v) is 6.60. The van der Waals surface area contributed by atoms with Crippen LogP contribution >= 0.6 is 0 Å². The summed E-state index contributed by atoms with van der Waals surface area (Å²) in [7, 11) is 1.85. The number of benzene rings is 2. The molecule has 9 heteroatoms. The molecule has 3 aliphatic rings. The number of hydrogen-bond acceptors (Lipinski definition) is 5. The number of fused-ring (bicyclic) bond motifs is 6. The van der Waals surface area contributed by atoms with Gasteiger partial charge in [-0.15, -0.1) is 0 Å². The van der Waals surface area contributed by atoms with Gasteiger partial charge in [0.25, 0.3) is 0 Å². The Kier molecular flexibility index (Phi) is 5.90. The van der Waals surface area contributed by atoms with E-state index in [9.17, 15) is 14.9 Å². The Morgan fingerprint density at radius 1 is 1.15 bits per heavy atom. The minimum absolute atomic E-state index is 0.00133. The molecular weight excluding hydrogens is 497 g/mol. The molecule has 202 valence electrons. The van der Waals surface area contributed by atoms with E-state index in [1.54, 1.807) is 36.4 Å². The van der Waals surface area contributed by atoms with Crippen molar-refractivity contribution in [3.63, 3.8) is 0 Å². The molecule has 2 aliphatic carbocycles. The lowest BCUT2D eigenvalue weighted by Crippen LogP contribution is -2.56. The Bertz CT molecular complexity index is 1520. The van der Waals surface area contributed by atoms with Gasteiger partial charge in [0.15, 0.2) is 0 Å². The molecular formula is C30H32FN5O3. The molecule has 0 unspecified atom stereocenters. The van der Waals surface area contributed by atoms with E-state index in [0.717, 1.165) is 29.3 Å². The summed E-state index contributed by atoms with van der Waals surface area (Å²) in [4.78, 5) is 28.1. The number of rotatable bonds is 5. The average molecular weight is 530 g/mol. The van der Waals surface area contributed by atoms with Gasteiger partial charge in [-0.25, -0.2) is 9.18 Å². The number of nitrogens with one attached hydrogen (secondary N) is 1. The van der Waals surface area contributed by atoms with Crippen LogP contribution in [-0.4, -0.2) is 50.4 Å². The van der Waals surface area contributed by atoms with Crippen LogP contribution in [0.25, 0.3) is 22.0 Å². The van der Waals surface area contributed by atoms with Crippen molar-refractivity contribution in [3.05, 3.63) is 54.0 Å². The van der Waals surface area contributed by atoms with Gasteiger partial charge < -0.3 is 10.1 Å². The molecule has 1 N–H and O–H groups in total. The molecule has 8 nitrogen and oxygen atoms in total. The number of carbonyl (C=O) groups is 2. The molecule has 3 aromatic rings. The van der Waals surface area contributed by atoms with Crippen LogP contribution < -0.4 is 5.32 Å². The Morgan fingerprint density at radius 2 is 1.90 bits per heavy atom. The topological polar surface area (TPSA) is 100 Å². The molecule has 6 rings (SSSR count). The number of hydrogen-bond donors (Lipinski definition) is 1. The van der Waals surface area contributed by atoms with Crippen LogP contribution in [0.1, 0.15) is 39.2 Å². The van der Waals surface area contributed by atoms with Crippen molar-refractivity contribution in [2.45, 2.75) is 63.8 Å². The number of amides is 2. The van der Waals surface area contributed by atoms with Crippen molar-refractivity contribution >= 4 is 22.9 Å². The van der Waals surface area contributed by atoms with Gasteiger partial charge in [-0.3, -0.25) is 14.4 Å². The van der Waals surface area contributed by atoms with Crippen LogP contribution in [0.4, 0.5) is 9.18 Å². The lowest BCUT2D eigenvalue weighted by Gasteiger charge is -2.35. The number of ether oxygens (including phenoxy) is 1. The predicted octanol–water partition coefficient (Wildman–Crippen LogP) is 4.57. The Hall–Kier alpha value is -3.93. The van der Waals surface area contributed by atoms with Gasteiger partial charge in [0, 0.05) is 31.1 Å². The highest BCUT2D eigenvalue weighted by atomic mass is 19.1. The predicted molar refractivity (Wildman–Crippen MR) is 143 cm³/mol. The van der Waals surface area contributed by atoms with Gasteiger partial charge in [0.1, 0.15) is 23.5 Å². The summed E-state index contributed by atoms with van der Waals surface area (Å²) < 4.78 is 22.5. The Morgan fingerprint density at radius 3 is 2.62 bits per heavy atom. The quantitative estimate of drug-likeness (QED) is 0.522. The average Bonchev–Trinajstić information content (AvgIpc) is 3.28. The fraction of sp³-hybridized carbons (Fsp3) is 0.467. The summed E-state index contributed by atoms with van der Waals surface area (Å²) in [6.07, 6.45) is 3.26. The molecule has 3 fully saturated rings. The van der Waals surface area contributed by atoms with Gasteiger partial charge in [0.2, 0.25) is 5.91 Å². The third-order valence-electron chi connectivity index (χ3n) is 8.29. The number of nitrogens with zero attached hydrogens (tertiary/aromatic N) is 4. The van der Waals surface area contributed by atoms with Crippen LogP contribution in [0.15, 0.2) is 42.6 Å². The van der Waals surface area contributed by atoms with Crippen molar-refractivity contribution in [2.24, 2.45) is 24.8 Å². The largest absolute Gasteiger partial charge is 0.444 e. The molecule has 39 heavy (non-hydrogen) atoms. The number of aryl methyl sites for hydroxylation is 1. The second kappa shape index (κ2) is 9.08. The normalized spacial score (nSPS) is 25.7. The first-order chi connectivity index (χ1) is 18.5. The monoisotopic (exact) mass is 529 g/mol. The molecule has 2 heterocycles. The maximum absolute atomic E-state index is 15.2. The standard InChI is InChI=1S/C30H32FN5O3/c1-30(2,3)39-29(38)36-26-13-23(21-12-22(21)26)27(36)28(37)33-20(14-32)9-18-7-5-16(10-24(18)31)17-6-8-19-15-35(4)34-25(19)11-17/h5-8,10-11,15,20-23,26-27H,9,12-13H2,1-4H3,(H,33,37)/t20-,21+,22-,23+,26-,27-/m0/s1. The van der Waals surface area contributed by atoms with Crippen molar-refractivity contribution in [2.75, 3.05) is 0 Å². The van der Waals surface area contributed by atoms with Gasteiger partial charge in [-0.2, -0.15) is 10.4 Å². The van der Waals surface area contributed by atoms with Crippen LogP contribution in [-0.2, 0) is 23.0 Å². The molecule has 1 saturated heterocycles. The molecule has 2 bridgehead atoms. The lowest BCUT2D eigenvalue weighted by atomic mass is 9.95. The molecule has 6 atom stereocenters. The van der Waals surface area contributed by atoms with Crippen LogP contribution in [0.2, 0.25) is 0 Å². The van der Waals surface area contributed by atoms with E-state index in [2.05, 4.69) is 16.5 Å². The van der Waals surface area contributed by atoms with E-state index in [-0.39, 0.29) is 24.3 Å². The molecule has 2 saturated carbocycles. The zero-order chi connectivity index (χ0) is 27.6. The van der Waals surface area contributed by atoms with E-state index in [4.69, 9.17) is 4.74 Å². The minimum atomic E-state index is -0.933. The van der Waals surface area contributed by atoms with E-state index < -0.39 is 29.6 Å². The molecule has 0 radical (unpaired) electrons. The first kappa shape index (κ1) is 25.4. The summed E-state index contributed by atoms with van der Waals surface area (Å²) in [6.45, 7) is 5.41. The number of halogens is 1. The molecule has 2 aromatic carbocycles. The summed E-state index contributed by atoms with van der Waals surface area (Å²) >= 11 is 0. The van der Waals surface area contributed by atoms with Crippen molar-refractivity contribution in [1.82, 2.24) is 20.0 Å². The number of piperidine rings is 1. The van der Waals surface area contributed by atoms with Crippen LogP contribution in [0.3, 0.4) is 0 Å². The van der Waals surface area contributed by atoms with Crippen LogP contribution in [0, 0.1) is 34.9 Å². The summed E-state index contributed by atoms with van der Waals surface area (Å²) in [5.74, 6) is 0.133. The fourth-order valence-electron chi connectivity index (χ4n) is 6.60. The van der Waals surface area contributed by atoms with E-state index in [1.165, 1.54) is 6.07 Å². The van der Waals surface area contributed by atoms with E-state index in [0.29, 0.717) is 23.0 Å². The first-order valence-electron chi connectivity index (χ1n) is 13.5.